The Balaban J connectivity index is 1.96. The summed E-state index contributed by atoms with van der Waals surface area (Å²) >= 11 is 7.65. The molecule has 4 aromatic rings. The number of nitro groups is 1. The Labute approximate surface area is 170 Å². The van der Waals surface area contributed by atoms with Gasteiger partial charge in [-0.05, 0) is 36.2 Å². The smallest absolute Gasteiger partial charge is 0.270 e. The van der Waals surface area contributed by atoms with Gasteiger partial charge < -0.3 is 4.90 Å². The van der Waals surface area contributed by atoms with E-state index in [-0.39, 0.29) is 11.0 Å². The first kappa shape index (κ1) is 18.3. The first-order chi connectivity index (χ1) is 13.6. The highest BCUT2D eigenvalue weighted by atomic mass is 35.5. The number of para-hydroxylation sites is 1. The fourth-order valence-electron chi connectivity index (χ4n) is 3.16. The Morgan fingerprint density at radius 1 is 1.14 bits per heavy atom. The SMILES string of the molecule is CCN(c1ccccc1)c1nc(Cl)nc2scc(-c3cccc([N+](=O)[O-])c3)c12. The molecule has 0 atom stereocenters. The lowest BCUT2D eigenvalue weighted by Gasteiger charge is -2.23. The normalized spacial score (nSPS) is 10.9. The molecule has 0 fully saturated rings. The van der Waals surface area contributed by atoms with Crippen LogP contribution >= 0.6 is 22.9 Å². The Kier molecular flexibility index (Phi) is 4.93. The van der Waals surface area contributed by atoms with Gasteiger partial charge in [-0.1, -0.05) is 30.3 Å². The number of hydrogen-bond donors (Lipinski definition) is 0. The second kappa shape index (κ2) is 7.53. The summed E-state index contributed by atoms with van der Waals surface area (Å²) in [6.07, 6.45) is 0. The number of halogens is 1. The summed E-state index contributed by atoms with van der Waals surface area (Å²) in [4.78, 5) is 22.5. The van der Waals surface area contributed by atoms with Gasteiger partial charge in [-0.15, -0.1) is 11.3 Å². The van der Waals surface area contributed by atoms with Crippen molar-refractivity contribution in [2.45, 2.75) is 6.92 Å². The maximum Gasteiger partial charge on any atom is 0.270 e. The van der Waals surface area contributed by atoms with E-state index in [9.17, 15) is 10.1 Å². The summed E-state index contributed by atoms with van der Waals surface area (Å²) in [5, 5.41) is 14.1. The van der Waals surface area contributed by atoms with Crippen LogP contribution in [0.3, 0.4) is 0 Å². The molecule has 6 nitrogen and oxygen atoms in total. The van der Waals surface area contributed by atoms with Crippen molar-refractivity contribution in [1.29, 1.82) is 0 Å². The Bertz CT molecular complexity index is 1160. The molecule has 0 saturated carbocycles. The molecule has 2 aromatic carbocycles. The van der Waals surface area contributed by atoms with Gasteiger partial charge >= 0.3 is 0 Å². The van der Waals surface area contributed by atoms with Crippen molar-refractivity contribution in [3.05, 3.63) is 75.4 Å². The summed E-state index contributed by atoms with van der Waals surface area (Å²) in [5.41, 5.74) is 2.63. The molecular formula is C20H15ClN4O2S. The molecule has 2 aromatic heterocycles. The summed E-state index contributed by atoms with van der Waals surface area (Å²) in [5.74, 6) is 0.687. The van der Waals surface area contributed by atoms with E-state index >= 15 is 0 Å². The molecular weight excluding hydrogens is 396 g/mol. The second-order valence-corrected chi connectivity index (χ2v) is 7.23. The molecule has 8 heteroatoms. The average Bonchev–Trinajstić information content (AvgIpc) is 3.13. The van der Waals surface area contributed by atoms with Crippen LogP contribution in [0.25, 0.3) is 21.3 Å². The van der Waals surface area contributed by atoms with Crippen molar-refractivity contribution in [3.8, 4) is 11.1 Å². The topological polar surface area (TPSA) is 72.2 Å². The van der Waals surface area contributed by atoms with Crippen LogP contribution in [0.1, 0.15) is 6.92 Å². The van der Waals surface area contributed by atoms with Crippen LogP contribution in [0.5, 0.6) is 0 Å². The van der Waals surface area contributed by atoms with Gasteiger partial charge in [0.25, 0.3) is 5.69 Å². The summed E-state index contributed by atoms with van der Waals surface area (Å²) in [6, 6.07) is 16.5. The number of fused-ring (bicyclic) bond motifs is 1. The zero-order chi connectivity index (χ0) is 19.7. The number of anilines is 2. The van der Waals surface area contributed by atoms with Crippen LogP contribution in [0.15, 0.2) is 60.0 Å². The van der Waals surface area contributed by atoms with E-state index in [1.165, 1.54) is 17.4 Å². The number of thiophene rings is 1. The van der Waals surface area contributed by atoms with Crippen molar-refractivity contribution in [2.24, 2.45) is 0 Å². The van der Waals surface area contributed by atoms with E-state index in [1.54, 1.807) is 12.1 Å². The highest BCUT2D eigenvalue weighted by molar-refractivity contribution is 7.17. The first-order valence-electron chi connectivity index (χ1n) is 8.60. The van der Waals surface area contributed by atoms with Gasteiger partial charge in [0.15, 0.2) is 0 Å². The largest absolute Gasteiger partial charge is 0.326 e. The molecule has 0 saturated heterocycles. The van der Waals surface area contributed by atoms with E-state index in [0.29, 0.717) is 12.4 Å². The third kappa shape index (κ3) is 3.30. The molecule has 2 heterocycles. The lowest BCUT2D eigenvalue weighted by molar-refractivity contribution is -0.384. The molecule has 0 aliphatic carbocycles. The zero-order valence-electron chi connectivity index (χ0n) is 14.9. The zero-order valence-corrected chi connectivity index (χ0v) is 16.4. The van der Waals surface area contributed by atoms with Crippen molar-refractivity contribution in [1.82, 2.24) is 9.97 Å². The molecule has 0 aliphatic rings. The lowest BCUT2D eigenvalue weighted by Crippen LogP contribution is -2.18. The Morgan fingerprint density at radius 3 is 2.64 bits per heavy atom. The number of non-ortho nitro benzene ring substituents is 1. The Hall–Kier alpha value is -3.03. The molecule has 0 unspecified atom stereocenters. The van der Waals surface area contributed by atoms with Gasteiger partial charge in [0.05, 0.1) is 10.3 Å². The highest BCUT2D eigenvalue weighted by Crippen LogP contribution is 2.41. The number of nitrogens with zero attached hydrogens (tertiary/aromatic N) is 4. The second-order valence-electron chi connectivity index (χ2n) is 6.03. The van der Waals surface area contributed by atoms with E-state index in [2.05, 4.69) is 14.9 Å². The van der Waals surface area contributed by atoms with Crippen LogP contribution in [0.2, 0.25) is 5.28 Å². The van der Waals surface area contributed by atoms with Crippen LogP contribution < -0.4 is 4.90 Å². The van der Waals surface area contributed by atoms with Crippen LogP contribution in [-0.4, -0.2) is 21.4 Å². The summed E-state index contributed by atoms with van der Waals surface area (Å²) in [6.45, 7) is 2.71. The quantitative estimate of drug-likeness (QED) is 0.226. The van der Waals surface area contributed by atoms with E-state index in [1.807, 2.05) is 48.7 Å². The van der Waals surface area contributed by atoms with Gasteiger partial charge in [0, 0.05) is 35.3 Å². The van der Waals surface area contributed by atoms with E-state index < -0.39 is 4.92 Å². The van der Waals surface area contributed by atoms with Crippen LogP contribution in [0, 0.1) is 10.1 Å². The maximum atomic E-state index is 11.2. The van der Waals surface area contributed by atoms with Gasteiger partial charge in [0.2, 0.25) is 5.28 Å². The molecule has 0 aliphatic heterocycles. The van der Waals surface area contributed by atoms with Gasteiger partial charge in [-0.25, -0.2) is 4.98 Å². The van der Waals surface area contributed by atoms with E-state index in [0.717, 1.165) is 27.0 Å². The monoisotopic (exact) mass is 410 g/mol. The molecule has 0 N–H and O–H groups in total. The third-order valence-electron chi connectivity index (χ3n) is 4.39. The molecule has 0 amide bonds. The highest BCUT2D eigenvalue weighted by Gasteiger charge is 2.20. The Morgan fingerprint density at radius 2 is 1.93 bits per heavy atom. The van der Waals surface area contributed by atoms with Crippen LogP contribution in [-0.2, 0) is 0 Å². The predicted octanol–water partition coefficient (Wildman–Crippen LogP) is 6.08. The molecule has 0 radical (unpaired) electrons. The van der Waals surface area contributed by atoms with Crippen molar-refractivity contribution >= 4 is 50.3 Å². The van der Waals surface area contributed by atoms with Gasteiger partial charge in [-0.2, -0.15) is 4.98 Å². The van der Waals surface area contributed by atoms with Crippen molar-refractivity contribution in [3.63, 3.8) is 0 Å². The number of hydrogen-bond acceptors (Lipinski definition) is 6. The third-order valence-corrected chi connectivity index (χ3v) is 5.44. The summed E-state index contributed by atoms with van der Waals surface area (Å²) in [7, 11) is 0. The molecule has 0 bridgehead atoms. The van der Waals surface area contributed by atoms with Gasteiger partial charge in [0.1, 0.15) is 10.6 Å². The standard InChI is InChI=1S/C20H15ClN4O2S/c1-2-24(14-8-4-3-5-9-14)18-17-16(12-28-19(17)23-20(21)22-18)13-7-6-10-15(11-13)25(26)27/h3-12H,2H2,1H3. The average molecular weight is 411 g/mol. The first-order valence-corrected chi connectivity index (χ1v) is 9.86. The fraction of sp³-hybridized carbons (Fsp3) is 0.100. The fourth-order valence-corrected chi connectivity index (χ4v) is 4.31. The van der Waals surface area contributed by atoms with Gasteiger partial charge in [-0.3, -0.25) is 10.1 Å². The molecule has 140 valence electrons. The predicted molar refractivity (Wildman–Crippen MR) is 114 cm³/mol. The van der Waals surface area contributed by atoms with E-state index in [4.69, 9.17) is 11.6 Å². The number of rotatable bonds is 5. The van der Waals surface area contributed by atoms with Crippen molar-refractivity contribution in [2.75, 3.05) is 11.4 Å². The lowest BCUT2D eigenvalue weighted by atomic mass is 10.0. The molecule has 0 spiro atoms. The van der Waals surface area contributed by atoms with Crippen LogP contribution in [0.4, 0.5) is 17.2 Å². The summed E-state index contributed by atoms with van der Waals surface area (Å²) < 4.78 is 0. The minimum Gasteiger partial charge on any atom is -0.326 e. The number of nitro benzene ring substituents is 1. The molecule has 28 heavy (non-hydrogen) atoms. The van der Waals surface area contributed by atoms with Crippen molar-refractivity contribution < 1.29 is 4.92 Å². The minimum absolute atomic E-state index is 0.0451. The minimum atomic E-state index is -0.394. The maximum absolute atomic E-state index is 11.2. The molecule has 4 rings (SSSR count). The number of aromatic nitrogens is 2. The number of benzene rings is 2.